The summed E-state index contributed by atoms with van der Waals surface area (Å²) in [5.74, 6) is 0. The number of anilines is 12. The molecule has 24 aromatic carbocycles. The maximum atomic E-state index is 2.47. The van der Waals surface area contributed by atoms with Crippen molar-refractivity contribution in [1.29, 1.82) is 0 Å². The molecule has 24 aromatic rings. The zero-order valence-electron chi connectivity index (χ0n) is 77.2. The van der Waals surface area contributed by atoms with Crippen LogP contribution in [0.4, 0.5) is 68.2 Å². The van der Waals surface area contributed by atoms with E-state index in [0.717, 1.165) is 68.2 Å². The largest absolute Gasteiger partial charge is 0.310 e. The highest BCUT2D eigenvalue weighted by molar-refractivity contribution is 6.35. The van der Waals surface area contributed by atoms with Crippen molar-refractivity contribution in [3.05, 3.63) is 480 Å². The maximum absolute atomic E-state index is 2.47. The van der Waals surface area contributed by atoms with Gasteiger partial charge in [-0.05, 0) is 324 Å². The molecule has 0 fully saturated rings. The lowest BCUT2D eigenvalue weighted by Crippen LogP contribution is -2.12. The summed E-state index contributed by atoms with van der Waals surface area (Å²) >= 11 is 0. The molecule has 0 N–H and O–H groups in total. The van der Waals surface area contributed by atoms with Crippen LogP contribution in [0.15, 0.2) is 425 Å². The lowest BCUT2D eigenvalue weighted by atomic mass is 9.84. The highest BCUT2D eigenvalue weighted by atomic mass is 15.2. The van der Waals surface area contributed by atoms with Crippen molar-refractivity contribution >= 4 is 176 Å². The van der Waals surface area contributed by atoms with E-state index in [-0.39, 0.29) is 0 Å². The topological polar surface area (TPSA) is 13.0 Å². The Hall–Kier alpha value is -16.4. The Bertz CT molecular complexity index is 7980. The zero-order valence-corrected chi connectivity index (χ0v) is 77.2. The van der Waals surface area contributed by atoms with Crippen LogP contribution < -0.4 is 19.6 Å². The Morgan fingerprint density at radius 1 is 0.127 bits per heavy atom. The molecule has 0 saturated carbocycles. The van der Waals surface area contributed by atoms with E-state index in [4.69, 9.17) is 0 Å². The molecule has 134 heavy (non-hydrogen) atoms. The fourth-order valence-corrected chi connectivity index (χ4v) is 20.6. The van der Waals surface area contributed by atoms with Crippen LogP contribution in [0.3, 0.4) is 0 Å². The number of fused-ring (bicyclic) bond motifs is 4. The lowest BCUT2D eigenvalue weighted by molar-refractivity contribution is 1.28. The average Bonchev–Trinajstić information content (AvgIpc) is 0.704. The summed E-state index contributed by atoms with van der Waals surface area (Å²) in [7, 11) is 0. The van der Waals surface area contributed by atoms with Crippen LogP contribution in [0.5, 0.6) is 0 Å². The van der Waals surface area contributed by atoms with Gasteiger partial charge in [-0.25, -0.2) is 0 Å². The molecule has 640 valence electrons. The van der Waals surface area contributed by atoms with Gasteiger partial charge >= 0.3 is 0 Å². The summed E-state index contributed by atoms with van der Waals surface area (Å²) in [4.78, 5) is 9.87. The summed E-state index contributed by atoms with van der Waals surface area (Å²) in [5.41, 5.74) is 35.5. The van der Waals surface area contributed by atoms with E-state index in [1.165, 1.54) is 208 Å². The quantitative estimate of drug-likeness (QED) is 0.0894. The average molecular weight is 1720 g/mol. The van der Waals surface area contributed by atoms with E-state index in [9.17, 15) is 0 Å². The van der Waals surface area contributed by atoms with Gasteiger partial charge < -0.3 is 19.6 Å². The summed E-state index contributed by atoms with van der Waals surface area (Å²) in [5, 5.41) is 24.6. The van der Waals surface area contributed by atoms with Gasteiger partial charge in [-0.3, -0.25) is 0 Å². The second kappa shape index (κ2) is 33.5. The van der Waals surface area contributed by atoms with Crippen molar-refractivity contribution in [1.82, 2.24) is 0 Å². The van der Waals surface area contributed by atoms with Gasteiger partial charge in [-0.2, -0.15) is 0 Å². The van der Waals surface area contributed by atoms with Crippen molar-refractivity contribution < 1.29 is 0 Å². The third-order valence-corrected chi connectivity index (χ3v) is 27.7. The molecule has 4 heteroatoms. The Morgan fingerprint density at radius 2 is 0.291 bits per heavy atom. The van der Waals surface area contributed by atoms with Crippen LogP contribution in [0.25, 0.3) is 152 Å². The van der Waals surface area contributed by atoms with E-state index >= 15 is 0 Å². The molecule has 0 bridgehead atoms. The molecule has 0 heterocycles. The molecule has 24 rings (SSSR count). The Morgan fingerprint density at radius 3 is 0.507 bits per heavy atom. The van der Waals surface area contributed by atoms with Gasteiger partial charge in [0.15, 0.2) is 0 Å². The maximum Gasteiger partial charge on any atom is 0.0546 e. The zero-order chi connectivity index (χ0) is 90.7. The number of rotatable bonds is 16. The summed E-state index contributed by atoms with van der Waals surface area (Å²) in [6.07, 6.45) is 0. The predicted molar refractivity (Wildman–Crippen MR) is 578 cm³/mol. The molecule has 0 aliphatic rings. The normalized spacial score (nSPS) is 11.7. The summed E-state index contributed by atoms with van der Waals surface area (Å²) < 4.78 is 0. The van der Waals surface area contributed by atoms with Gasteiger partial charge in [0.1, 0.15) is 0 Å². The molecule has 0 amide bonds. The number of hydrogen-bond donors (Lipinski definition) is 0. The number of nitrogens with zero attached hydrogens (tertiary/aromatic N) is 4. The van der Waals surface area contributed by atoms with Crippen molar-refractivity contribution in [2.45, 2.75) is 69.2 Å². The van der Waals surface area contributed by atoms with Gasteiger partial charge in [0.2, 0.25) is 0 Å². The van der Waals surface area contributed by atoms with Crippen molar-refractivity contribution in [2.24, 2.45) is 0 Å². The van der Waals surface area contributed by atoms with Crippen molar-refractivity contribution in [3.8, 4) is 44.5 Å². The second-order valence-electron chi connectivity index (χ2n) is 37.2. The molecule has 0 aromatic heterocycles. The van der Waals surface area contributed by atoms with Gasteiger partial charge in [-0.1, -0.05) is 335 Å². The standard InChI is InChI=1S/C66H52N2.C64H48N2/c1-41-9-23-53(24-10-41)67(54-25-11-42(2)12-26-54)63-39-61(51-21-19-47-35-45(5)7-17-49(47)37-51)57-32-34-60-64(68(55-27-13-43(3)14-28-55)56-29-15-44(4)16-30-56)40-62(58-31-33-59(63)65(57)66(58)60)52-22-20-48-36-46(6)8-18-50(48)38-52;1-41-13-25-51(26-14-41)65(52-27-15-42(2)16-28-52)61-39-59(49-23-21-45-9-5-7-11-47(45)37-49)55-34-36-58-62(66(53-29-17-43(3)18-30-53)54-31-19-44(4)20-32-54)40-60(56-33-35-57(61)63(55)64(56)58)50-24-22-46-10-6-8-12-48(46)38-50/h7-40H,1-6H3;5-40H,1-4H3. The van der Waals surface area contributed by atoms with Gasteiger partial charge in [-0.15, -0.1) is 0 Å². The first-order chi connectivity index (χ1) is 65.5. The molecule has 0 aliphatic heterocycles. The summed E-state index contributed by atoms with van der Waals surface area (Å²) in [6.45, 7) is 21.6. The van der Waals surface area contributed by atoms with Crippen LogP contribution in [-0.2, 0) is 0 Å². The SMILES string of the molecule is Cc1ccc(N(c2ccc(C)cc2)c2cc(-c3ccc4cc(C)ccc4c3)c3ccc4c(N(c5ccc(C)cc5)c5ccc(C)cc5)cc(-c5ccc6cc(C)ccc6c5)c5ccc2c3c54)cc1.Cc1ccc(N(c2ccc(C)cc2)c2cc(-c3ccc4ccccc4c3)c3ccc4c(N(c5ccc(C)cc5)c5ccc(C)cc5)cc(-c5ccc6ccccc6c5)c5ccc2c3c54)cc1. The second-order valence-corrected chi connectivity index (χ2v) is 37.2. The van der Waals surface area contributed by atoms with E-state index < -0.39 is 0 Å². The lowest BCUT2D eigenvalue weighted by Gasteiger charge is -2.31. The number of benzene rings is 24. The molecule has 0 radical (unpaired) electrons. The van der Waals surface area contributed by atoms with E-state index in [2.05, 4.69) is 513 Å². The third kappa shape index (κ3) is 14.9. The van der Waals surface area contributed by atoms with Crippen LogP contribution in [-0.4, -0.2) is 0 Å². The molecular weight excluding hydrogens is 1620 g/mol. The Kier molecular flexibility index (Phi) is 20.5. The molecule has 0 aliphatic carbocycles. The fraction of sp³-hybridized carbons (Fsp3) is 0.0769. The molecule has 0 unspecified atom stereocenters. The predicted octanol–water partition coefficient (Wildman–Crippen LogP) is 37.4. The molecular formula is C130H100N4. The highest BCUT2D eigenvalue weighted by Gasteiger charge is 2.30. The Balaban J connectivity index is 0.000000151. The minimum absolute atomic E-state index is 1.12. The first-order valence-electron chi connectivity index (χ1n) is 46.8. The van der Waals surface area contributed by atoms with Crippen LogP contribution in [0.1, 0.15) is 55.6 Å². The smallest absolute Gasteiger partial charge is 0.0546 e. The van der Waals surface area contributed by atoms with Crippen LogP contribution in [0.2, 0.25) is 0 Å². The number of aryl methyl sites for hydroxylation is 10. The minimum Gasteiger partial charge on any atom is -0.310 e. The molecule has 4 nitrogen and oxygen atoms in total. The van der Waals surface area contributed by atoms with Crippen molar-refractivity contribution in [2.75, 3.05) is 19.6 Å². The fourth-order valence-electron chi connectivity index (χ4n) is 20.6. The molecule has 0 atom stereocenters. The summed E-state index contributed by atoms with van der Waals surface area (Å²) in [6, 6.07) is 160. The first-order valence-corrected chi connectivity index (χ1v) is 46.8. The van der Waals surface area contributed by atoms with Crippen LogP contribution in [0, 0.1) is 69.2 Å². The monoisotopic (exact) mass is 1720 g/mol. The molecule has 0 saturated heterocycles. The van der Waals surface area contributed by atoms with E-state index in [1.54, 1.807) is 0 Å². The van der Waals surface area contributed by atoms with Gasteiger partial charge in [0.05, 0.1) is 22.7 Å². The third-order valence-electron chi connectivity index (χ3n) is 27.7. The van der Waals surface area contributed by atoms with Gasteiger partial charge in [0.25, 0.3) is 0 Å². The van der Waals surface area contributed by atoms with E-state index in [0.29, 0.717) is 0 Å². The van der Waals surface area contributed by atoms with Crippen LogP contribution >= 0.6 is 0 Å². The van der Waals surface area contributed by atoms with Gasteiger partial charge in [0, 0.05) is 88.6 Å². The highest BCUT2D eigenvalue weighted by Crippen LogP contribution is 2.56. The number of hydrogen-bond acceptors (Lipinski definition) is 4. The minimum atomic E-state index is 1.12. The van der Waals surface area contributed by atoms with E-state index in [1.807, 2.05) is 0 Å². The molecule has 0 spiro atoms. The Labute approximate surface area is 784 Å². The van der Waals surface area contributed by atoms with Crippen molar-refractivity contribution in [3.63, 3.8) is 0 Å². The first kappa shape index (κ1) is 82.0.